The first-order valence-electron chi connectivity index (χ1n) is 11.2. The summed E-state index contributed by atoms with van der Waals surface area (Å²) in [6.07, 6.45) is 6.83. The Morgan fingerprint density at radius 2 is 1.82 bits per heavy atom. The molecule has 170 valence electrons. The van der Waals surface area contributed by atoms with Crippen LogP contribution in [0.15, 0.2) is 51.7 Å². The van der Waals surface area contributed by atoms with Crippen LogP contribution in [-0.4, -0.2) is 17.1 Å². The Kier molecular flexibility index (Phi) is 6.51. The third-order valence-electron chi connectivity index (χ3n) is 6.07. The highest BCUT2D eigenvalue weighted by Crippen LogP contribution is 2.35. The Hall–Kier alpha value is -2.64. The van der Waals surface area contributed by atoms with Gasteiger partial charge in [-0.15, -0.1) is 11.3 Å². The molecule has 1 aliphatic rings. The highest BCUT2D eigenvalue weighted by molar-refractivity contribution is 9.10. The lowest BCUT2D eigenvalue weighted by Crippen LogP contribution is -2.10. The van der Waals surface area contributed by atoms with E-state index in [0.29, 0.717) is 23.9 Å². The number of aromatic nitrogens is 2. The summed E-state index contributed by atoms with van der Waals surface area (Å²) >= 11 is 5.12. The van der Waals surface area contributed by atoms with E-state index >= 15 is 0 Å². The average molecular weight is 525 g/mol. The molecule has 1 N–H and O–H groups in total. The molecule has 0 spiro atoms. The number of halogens is 1. The molecular weight excluding hydrogens is 500 g/mol. The van der Waals surface area contributed by atoms with Gasteiger partial charge in [-0.3, -0.25) is 4.79 Å². The van der Waals surface area contributed by atoms with Crippen LogP contribution in [0, 0.1) is 0 Å². The molecule has 7 heteroatoms. The summed E-state index contributed by atoms with van der Waals surface area (Å²) in [4.78, 5) is 23.1. The topological polar surface area (TPSA) is 64.2 Å². The SMILES string of the molecule is COc1cc(-c2nc3sc4c(c3c(=O)[nH]2)CCCCCC4)ccc1OCc1ccc(Br)cc1. The molecule has 0 amide bonds. The van der Waals surface area contributed by atoms with Crippen LogP contribution in [0.25, 0.3) is 21.6 Å². The fourth-order valence-electron chi connectivity index (χ4n) is 4.33. The zero-order chi connectivity index (χ0) is 22.8. The van der Waals surface area contributed by atoms with Crippen LogP contribution < -0.4 is 15.0 Å². The van der Waals surface area contributed by atoms with Gasteiger partial charge in [-0.1, -0.05) is 40.9 Å². The van der Waals surface area contributed by atoms with Crippen LogP contribution in [0.1, 0.15) is 41.7 Å². The fraction of sp³-hybridized carbons (Fsp3) is 0.308. The third kappa shape index (κ3) is 4.70. The summed E-state index contributed by atoms with van der Waals surface area (Å²) in [7, 11) is 1.62. The summed E-state index contributed by atoms with van der Waals surface area (Å²) < 4.78 is 12.6. The van der Waals surface area contributed by atoms with Crippen LogP contribution in [-0.2, 0) is 19.4 Å². The minimum atomic E-state index is -0.0531. The molecular formula is C26H25BrN2O3S. The smallest absolute Gasteiger partial charge is 0.260 e. The minimum Gasteiger partial charge on any atom is -0.493 e. The number of ether oxygens (including phenoxy) is 2. The van der Waals surface area contributed by atoms with Crippen LogP contribution in [0.2, 0.25) is 0 Å². The van der Waals surface area contributed by atoms with Gasteiger partial charge in [0.25, 0.3) is 5.56 Å². The minimum absolute atomic E-state index is 0.0531. The molecule has 1 aliphatic carbocycles. The van der Waals surface area contributed by atoms with Crippen molar-refractivity contribution >= 4 is 37.5 Å². The van der Waals surface area contributed by atoms with Crippen LogP contribution in [0.5, 0.6) is 11.5 Å². The second kappa shape index (κ2) is 9.69. The summed E-state index contributed by atoms with van der Waals surface area (Å²) in [5, 5.41) is 0.780. The molecule has 5 nitrogen and oxygen atoms in total. The molecule has 0 unspecified atom stereocenters. The summed E-state index contributed by atoms with van der Waals surface area (Å²) in [5.74, 6) is 1.80. The van der Waals surface area contributed by atoms with E-state index in [9.17, 15) is 4.79 Å². The number of hydrogen-bond donors (Lipinski definition) is 1. The number of benzene rings is 2. The van der Waals surface area contributed by atoms with Gasteiger partial charge in [-0.2, -0.15) is 0 Å². The van der Waals surface area contributed by atoms with E-state index in [1.165, 1.54) is 29.7 Å². The van der Waals surface area contributed by atoms with E-state index in [0.717, 1.165) is 45.1 Å². The molecule has 0 saturated heterocycles. The van der Waals surface area contributed by atoms with Crippen LogP contribution >= 0.6 is 27.3 Å². The zero-order valence-electron chi connectivity index (χ0n) is 18.4. The van der Waals surface area contributed by atoms with Crippen molar-refractivity contribution in [3.05, 3.63) is 73.3 Å². The number of aromatic amines is 1. The Labute approximate surface area is 204 Å². The number of aryl methyl sites for hydroxylation is 2. The molecule has 33 heavy (non-hydrogen) atoms. The van der Waals surface area contributed by atoms with Gasteiger partial charge in [0.2, 0.25) is 0 Å². The van der Waals surface area contributed by atoms with Gasteiger partial charge in [0.15, 0.2) is 11.5 Å². The first-order valence-corrected chi connectivity index (χ1v) is 12.8. The van der Waals surface area contributed by atoms with Gasteiger partial charge >= 0.3 is 0 Å². The summed E-state index contributed by atoms with van der Waals surface area (Å²) in [6, 6.07) is 13.6. The van der Waals surface area contributed by atoms with Crippen LogP contribution in [0.3, 0.4) is 0 Å². The molecule has 0 atom stereocenters. The molecule has 0 fully saturated rings. The molecule has 4 aromatic rings. The lowest BCUT2D eigenvalue weighted by atomic mass is 9.98. The predicted octanol–water partition coefficient (Wildman–Crippen LogP) is 6.66. The molecule has 2 heterocycles. The van der Waals surface area contributed by atoms with E-state index in [-0.39, 0.29) is 5.56 Å². The molecule has 2 aromatic carbocycles. The normalized spacial score (nSPS) is 13.9. The first-order chi connectivity index (χ1) is 16.1. The van der Waals surface area contributed by atoms with Gasteiger partial charge in [0.05, 0.1) is 12.5 Å². The van der Waals surface area contributed by atoms with Crippen molar-refractivity contribution in [1.82, 2.24) is 9.97 Å². The summed E-state index contributed by atoms with van der Waals surface area (Å²) in [6.45, 7) is 0.435. The highest BCUT2D eigenvalue weighted by atomic mass is 79.9. The number of methoxy groups -OCH3 is 1. The van der Waals surface area contributed by atoms with Crippen molar-refractivity contribution in [2.45, 2.75) is 45.1 Å². The number of rotatable bonds is 5. The van der Waals surface area contributed by atoms with Gasteiger partial charge < -0.3 is 14.5 Å². The van der Waals surface area contributed by atoms with Crippen molar-refractivity contribution in [3.8, 4) is 22.9 Å². The number of H-pyrrole nitrogens is 1. The second-order valence-corrected chi connectivity index (χ2v) is 10.3. The zero-order valence-corrected chi connectivity index (χ0v) is 20.9. The maximum absolute atomic E-state index is 13.1. The number of nitrogens with zero attached hydrogens (tertiary/aromatic N) is 1. The van der Waals surface area contributed by atoms with Crippen molar-refractivity contribution in [3.63, 3.8) is 0 Å². The van der Waals surface area contributed by atoms with Gasteiger partial charge in [0.1, 0.15) is 17.3 Å². The van der Waals surface area contributed by atoms with E-state index in [1.807, 2.05) is 42.5 Å². The maximum Gasteiger partial charge on any atom is 0.260 e. The monoisotopic (exact) mass is 524 g/mol. The van der Waals surface area contributed by atoms with E-state index in [2.05, 4.69) is 20.9 Å². The molecule has 2 aromatic heterocycles. The number of thiophene rings is 1. The van der Waals surface area contributed by atoms with Gasteiger partial charge in [-0.25, -0.2) is 4.98 Å². The second-order valence-electron chi connectivity index (χ2n) is 8.29. The quantitative estimate of drug-likeness (QED) is 0.317. The lowest BCUT2D eigenvalue weighted by molar-refractivity contribution is 0.284. The number of fused-ring (bicyclic) bond motifs is 3. The number of nitrogens with one attached hydrogen (secondary N) is 1. The fourth-order valence-corrected chi connectivity index (χ4v) is 5.86. The molecule has 0 saturated carbocycles. The molecule has 0 radical (unpaired) electrons. The van der Waals surface area contributed by atoms with Crippen molar-refractivity contribution in [2.24, 2.45) is 0 Å². The largest absolute Gasteiger partial charge is 0.493 e. The van der Waals surface area contributed by atoms with E-state index in [1.54, 1.807) is 18.4 Å². The van der Waals surface area contributed by atoms with Crippen molar-refractivity contribution < 1.29 is 9.47 Å². The first kappa shape index (κ1) is 22.2. The lowest BCUT2D eigenvalue weighted by Gasteiger charge is -2.12. The molecule has 0 aliphatic heterocycles. The standard InChI is InChI=1S/C26H25BrN2O3S/c1-31-21-14-17(10-13-20(21)32-15-16-8-11-18(27)12-9-16)24-28-25(30)23-19-6-4-2-3-5-7-22(19)33-26(23)29-24/h8-14H,2-7,15H2,1H3,(H,28,29,30). The predicted molar refractivity (Wildman–Crippen MR) is 137 cm³/mol. The Bertz CT molecular complexity index is 1340. The number of hydrogen-bond acceptors (Lipinski definition) is 5. The van der Waals surface area contributed by atoms with Gasteiger partial charge in [-0.05, 0) is 67.1 Å². The van der Waals surface area contributed by atoms with E-state index < -0.39 is 0 Å². The molecule has 0 bridgehead atoms. The Morgan fingerprint density at radius 3 is 2.61 bits per heavy atom. The molecule has 5 rings (SSSR count). The summed E-state index contributed by atoms with van der Waals surface area (Å²) in [5.41, 5.74) is 3.02. The van der Waals surface area contributed by atoms with Gasteiger partial charge in [0, 0.05) is 14.9 Å². The van der Waals surface area contributed by atoms with Crippen molar-refractivity contribution in [1.29, 1.82) is 0 Å². The maximum atomic E-state index is 13.1. The van der Waals surface area contributed by atoms with E-state index in [4.69, 9.17) is 14.5 Å². The van der Waals surface area contributed by atoms with Crippen molar-refractivity contribution in [2.75, 3.05) is 7.11 Å². The Balaban J connectivity index is 1.45. The third-order valence-corrected chi connectivity index (χ3v) is 7.78. The highest BCUT2D eigenvalue weighted by Gasteiger charge is 2.19. The average Bonchev–Trinajstić information content (AvgIpc) is 3.15. The Morgan fingerprint density at radius 1 is 1.03 bits per heavy atom. The van der Waals surface area contributed by atoms with Crippen LogP contribution in [0.4, 0.5) is 0 Å².